The first-order valence-corrected chi connectivity index (χ1v) is 6.63. The molecule has 1 fully saturated rings. The normalized spacial score (nSPS) is 16.6. The fourth-order valence-corrected chi connectivity index (χ4v) is 2.34. The van der Waals surface area contributed by atoms with E-state index in [1.165, 1.54) is 12.1 Å². The second-order valence-corrected chi connectivity index (χ2v) is 4.82. The molecule has 1 saturated heterocycles. The van der Waals surface area contributed by atoms with E-state index in [0.717, 1.165) is 38.3 Å². The molecular weight excluding hydrogens is 245 g/mol. The molecule has 0 aromatic heterocycles. The van der Waals surface area contributed by atoms with Gasteiger partial charge in [0.2, 0.25) is 5.91 Å². The summed E-state index contributed by atoms with van der Waals surface area (Å²) >= 11 is 0. The highest BCUT2D eigenvalue weighted by molar-refractivity contribution is 5.78. The highest BCUT2D eigenvalue weighted by Gasteiger charge is 2.20. The van der Waals surface area contributed by atoms with E-state index >= 15 is 0 Å². The molecule has 2 rings (SSSR count). The minimum absolute atomic E-state index is 0.0676. The molecule has 19 heavy (non-hydrogen) atoms. The maximum absolute atomic E-state index is 13.1. The number of hydrogen-bond donors (Lipinski definition) is 1. The van der Waals surface area contributed by atoms with Gasteiger partial charge < -0.3 is 10.6 Å². The van der Waals surface area contributed by atoms with Crippen molar-refractivity contribution in [1.82, 2.24) is 9.80 Å². The Kier molecular flexibility index (Phi) is 4.87. The molecule has 0 unspecified atom stereocenters. The zero-order valence-corrected chi connectivity index (χ0v) is 11.0. The molecular formula is C14H20FN3O. The molecule has 1 aromatic rings. The zero-order valence-electron chi connectivity index (χ0n) is 11.0. The van der Waals surface area contributed by atoms with E-state index in [1.54, 1.807) is 12.1 Å². The Hall–Kier alpha value is -1.46. The van der Waals surface area contributed by atoms with E-state index in [-0.39, 0.29) is 18.1 Å². The van der Waals surface area contributed by atoms with Gasteiger partial charge in [-0.25, -0.2) is 4.39 Å². The van der Waals surface area contributed by atoms with Gasteiger partial charge >= 0.3 is 0 Å². The minimum atomic E-state index is -0.293. The number of benzene rings is 1. The lowest BCUT2D eigenvalue weighted by atomic mass is 10.1. The van der Waals surface area contributed by atoms with Crippen molar-refractivity contribution in [2.45, 2.75) is 6.42 Å². The van der Waals surface area contributed by atoms with Crippen molar-refractivity contribution in [1.29, 1.82) is 0 Å². The standard InChI is InChI=1S/C14H20FN3O/c15-13-3-1-2-12(10-13)11-14(19)18-8-6-17(5-4-16)7-9-18/h1-3,10H,4-9,11,16H2. The van der Waals surface area contributed by atoms with Gasteiger partial charge in [-0.1, -0.05) is 12.1 Å². The molecule has 5 heteroatoms. The summed E-state index contributed by atoms with van der Waals surface area (Å²) in [6, 6.07) is 6.23. The fourth-order valence-electron chi connectivity index (χ4n) is 2.34. The lowest BCUT2D eigenvalue weighted by Crippen LogP contribution is -2.50. The van der Waals surface area contributed by atoms with E-state index in [0.29, 0.717) is 6.54 Å². The molecule has 0 radical (unpaired) electrons. The number of carbonyl (C=O) groups is 1. The number of hydrogen-bond acceptors (Lipinski definition) is 3. The van der Waals surface area contributed by atoms with Crippen molar-refractivity contribution in [2.75, 3.05) is 39.3 Å². The predicted octanol–water partition coefficient (Wildman–Crippen LogP) is 0.471. The summed E-state index contributed by atoms with van der Waals surface area (Å²) in [4.78, 5) is 16.2. The van der Waals surface area contributed by atoms with Crippen LogP contribution in [-0.4, -0.2) is 55.0 Å². The van der Waals surface area contributed by atoms with Gasteiger partial charge in [0.15, 0.2) is 0 Å². The Morgan fingerprint density at radius 2 is 2.00 bits per heavy atom. The number of halogens is 1. The summed E-state index contributed by atoms with van der Waals surface area (Å²) in [5.41, 5.74) is 6.24. The molecule has 1 amide bonds. The molecule has 1 aliphatic rings. The van der Waals surface area contributed by atoms with E-state index in [9.17, 15) is 9.18 Å². The van der Waals surface area contributed by atoms with Crippen LogP contribution in [-0.2, 0) is 11.2 Å². The Morgan fingerprint density at radius 1 is 1.26 bits per heavy atom. The van der Waals surface area contributed by atoms with Gasteiger partial charge in [-0.3, -0.25) is 9.69 Å². The van der Waals surface area contributed by atoms with Crippen molar-refractivity contribution in [3.8, 4) is 0 Å². The van der Waals surface area contributed by atoms with Crippen LogP contribution in [0.3, 0.4) is 0 Å². The molecule has 1 aliphatic heterocycles. The van der Waals surface area contributed by atoms with Gasteiger partial charge in [0.05, 0.1) is 6.42 Å². The summed E-state index contributed by atoms with van der Waals surface area (Å²) in [7, 11) is 0. The molecule has 2 N–H and O–H groups in total. The molecule has 4 nitrogen and oxygen atoms in total. The van der Waals surface area contributed by atoms with E-state index < -0.39 is 0 Å². The third-order valence-corrected chi connectivity index (χ3v) is 3.41. The molecule has 0 aliphatic carbocycles. The van der Waals surface area contributed by atoms with Gasteiger partial charge in [-0.05, 0) is 17.7 Å². The molecule has 0 atom stereocenters. The highest BCUT2D eigenvalue weighted by Crippen LogP contribution is 2.08. The molecule has 104 valence electrons. The lowest BCUT2D eigenvalue weighted by molar-refractivity contribution is -0.132. The topological polar surface area (TPSA) is 49.6 Å². The number of carbonyl (C=O) groups excluding carboxylic acids is 1. The maximum Gasteiger partial charge on any atom is 0.227 e. The first-order chi connectivity index (χ1) is 9.19. The van der Waals surface area contributed by atoms with Crippen LogP contribution in [0.5, 0.6) is 0 Å². The molecule has 1 heterocycles. The van der Waals surface area contributed by atoms with Crippen molar-refractivity contribution >= 4 is 5.91 Å². The monoisotopic (exact) mass is 265 g/mol. The van der Waals surface area contributed by atoms with Crippen LogP contribution >= 0.6 is 0 Å². The SMILES string of the molecule is NCCN1CCN(C(=O)Cc2cccc(F)c2)CC1. The Labute approximate surface area is 113 Å². The van der Waals surface area contributed by atoms with Crippen LogP contribution in [0.15, 0.2) is 24.3 Å². The highest BCUT2D eigenvalue weighted by atomic mass is 19.1. The third-order valence-electron chi connectivity index (χ3n) is 3.41. The maximum atomic E-state index is 13.1. The molecule has 0 spiro atoms. The summed E-state index contributed by atoms with van der Waals surface area (Å²) < 4.78 is 13.1. The molecule has 1 aromatic carbocycles. The smallest absolute Gasteiger partial charge is 0.227 e. The number of amides is 1. The van der Waals surface area contributed by atoms with Gasteiger partial charge in [0, 0.05) is 39.3 Å². The van der Waals surface area contributed by atoms with Crippen LogP contribution in [0.4, 0.5) is 4.39 Å². The van der Waals surface area contributed by atoms with Crippen molar-refractivity contribution < 1.29 is 9.18 Å². The van der Waals surface area contributed by atoms with Crippen molar-refractivity contribution in [3.05, 3.63) is 35.6 Å². The van der Waals surface area contributed by atoms with Crippen LogP contribution in [0.2, 0.25) is 0 Å². The van der Waals surface area contributed by atoms with Gasteiger partial charge in [-0.2, -0.15) is 0 Å². The van der Waals surface area contributed by atoms with Crippen LogP contribution < -0.4 is 5.73 Å². The molecule has 0 bridgehead atoms. The zero-order chi connectivity index (χ0) is 13.7. The fraction of sp³-hybridized carbons (Fsp3) is 0.500. The van der Waals surface area contributed by atoms with Crippen LogP contribution in [0.1, 0.15) is 5.56 Å². The Balaban J connectivity index is 1.84. The largest absolute Gasteiger partial charge is 0.340 e. The van der Waals surface area contributed by atoms with Gasteiger partial charge in [-0.15, -0.1) is 0 Å². The average molecular weight is 265 g/mol. The summed E-state index contributed by atoms with van der Waals surface area (Å²) in [6.45, 7) is 4.73. The van der Waals surface area contributed by atoms with Crippen LogP contribution in [0, 0.1) is 5.82 Å². The summed E-state index contributed by atoms with van der Waals surface area (Å²) in [6.07, 6.45) is 0.272. The number of rotatable bonds is 4. The second-order valence-electron chi connectivity index (χ2n) is 4.82. The van der Waals surface area contributed by atoms with E-state index in [1.807, 2.05) is 4.90 Å². The van der Waals surface area contributed by atoms with Crippen molar-refractivity contribution in [2.24, 2.45) is 5.73 Å². The Morgan fingerprint density at radius 3 is 2.63 bits per heavy atom. The van der Waals surface area contributed by atoms with Gasteiger partial charge in [0.1, 0.15) is 5.82 Å². The third kappa shape index (κ3) is 4.01. The van der Waals surface area contributed by atoms with E-state index in [2.05, 4.69) is 4.90 Å². The summed E-state index contributed by atoms with van der Waals surface area (Å²) in [5, 5.41) is 0. The van der Waals surface area contributed by atoms with Gasteiger partial charge in [0.25, 0.3) is 0 Å². The predicted molar refractivity (Wildman–Crippen MR) is 72.2 cm³/mol. The average Bonchev–Trinajstić information content (AvgIpc) is 2.40. The van der Waals surface area contributed by atoms with Crippen molar-refractivity contribution in [3.63, 3.8) is 0 Å². The van der Waals surface area contributed by atoms with E-state index in [4.69, 9.17) is 5.73 Å². The number of nitrogens with zero attached hydrogens (tertiary/aromatic N) is 2. The lowest BCUT2D eigenvalue weighted by Gasteiger charge is -2.34. The van der Waals surface area contributed by atoms with Crippen LogP contribution in [0.25, 0.3) is 0 Å². The minimum Gasteiger partial charge on any atom is -0.340 e. The second kappa shape index (κ2) is 6.63. The first kappa shape index (κ1) is 14.0. The quantitative estimate of drug-likeness (QED) is 0.861. The number of nitrogens with two attached hydrogens (primary N) is 1. The Bertz CT molecular complexity index is 430. The first-order valence-electron chi connectivity index (χ1n) is 6.63. The molecule has 0 saturated carbocycles. The number of piperazine rings is 1. The summed E-state index contributed by atoms with van der Waals surface area (Å²) in [5.74, 6) is -0.226.